The van der Waals surface area contributed by atoms with Crippen LogP contribution in [-0.2, 0) is 0 Å². The lowest BCUT2D eigenvalue weighted by Gasteiger charge is -2.33. The molecule has 0 bridgehead atoms. The van der Waals surface area contributed by atoms with Crippen molar-refractivity contribution in [1.29, 1.82) is 0 Å². The van der Waals surface area contributed by atoms with Crippen molar-refractivity contribution in [2.75, 3.05) is 24.5 Å². The van der Waals surface area contributed by atoms with Crippen LogP contribution < -0.4 is 10.2 Å². The first kappa shape index (κ1) is 10.7. The zero-order valence-corrected chi connectivity index (χ0v) is 10.4. The number of rotatable bonds is 2. The first-order valence-electron chi connectivity index (χ1n) is 5.86. The number of thiazole rings is 1. The second kappa shape index (κ2) is 4.85. The standard InChI is InChI=1S/C13H15N3S/c1-2-4-11(5-3-1)12-10-16(8-6-14-12)13-15-7-9-17-13/h1-5,7,9,12,14H,6,8,10H2. The molecule has 1 N–H and O–H groups in total. The van der Waals surface area contributed by atoms with Crippen molar-refractivity contribution in [2.24, 2.45) is 0 Å². The number of hydrogen-bond donors (Lipinski definition) is 1. The Hall–Kier alpha value is -1.39. The quantitative estimate of drug-likeness (QED) is 0.880. The van der Waals surface area contributed by atoms with Gasteiger partial charge in [0, 0.05) is 37.3 Å². The van der Waals surface area contributed by atoms with Crippen LogP contribution in [0.2, 0.25) is 0 Å². The van der Waals surface area contributed by atoms with Crippen molar-refractivity contribution >= 4 is 16.5 Å². The largest absolute Gasteiger partial charge is 0.345 e. The molecule has 0 amide bonds. The van der Waals surface area contributed by atoms with E-state index in [1.807, 2.05) is 11.6 Å². The Balaban J connectivity index is 1.76. The van der Waals surface area contributed by atoms with Crippen LogP contribution in [0.25, 0.3) is 0 Å². The van der Waals surface area contributed by atoms with Gasteiger partial charge < -0.3 is 10.2 Å². The number of piperazine rings is 1. The Morgan fingerprint density at radius 2 is 2.18 bits per heavy atom. The lowest BCUT2D eigenvalue weighted by Crippen LogP contribution is -2.45. The molecule has 0 spiro atoms. The van der Waals surface area contributed by atoms with Gasteiger partial charge in [0.1, 0.15) is 0 Å². The maximum Gasteiger partial charge on any atom is 0.185 e. The Morgan fingerprint density at radius 3 is 2.94 bits per heavy atom. The van der Waals surface area contributed by atoms with Gasteiger partial charge in [-0.1, -0.05) is 30.3 Å². The molecule has 1 unspecified atom stereocenters. The van der Waals surface area contributed by atoms with E-state index in [-0.39, 0.29) is 0 Å². The lowest BCUT2D eigenvalue weighted by atomic mass is 10.1. The average molecular weight is 245 g/mol. The summed E-state index contributed by atoms with van der Waals surface area (Å²) in [4.78, 5) is 6.74. The summed E-state index contributed by atoms with van der Waals surface area (Å²) >= 11 is 1.71. The van der Waals surface area contributed by atoms with Gasteiger partial charge >= 0.3 is 0 Å². The van der Waals surface area contributed by atoms with Crippen molar-refractivity contribution in [1.82, 2.24) is 10.3 Å². The van der Waals surface area contributed by atoms with E-state index in [0.717, 1.165) is 24.8 Å². The van der Waals surface area contributed by atoms with Crippen LogP contribution in [-0.4, -0.2) is 24.6 Å². The smallest absolute Gasteiger partial charge is 0.185 e. The van der Waals surface area contributed by atoms with Crippen molar-refractivity contribution < 1.29 is 0 Å². The maximum absolute atomic E-state index is 4.38. The molecular weight excluding hydrogens is 230 g/mol. The van der Waals surface area contributed by atoms with Gasteiger partial charge in [-0.05, 0) is 5.56 Å². The highest BCUT2D eigenvalue weighted by atomic mass is 32.1. The second-order valence-corrected chi connectivity index (χ2v) is 5.05. The molecule has 1 saturated heterocycles. The van der Waals surface area contributed by atoms with Crippen LogP contribution in [0.15, 0.2) is 41.9 Å². The van der Waals surface area contributed by atoms with Gasteiger partial charge in [0.2, 0.25) is 0 Å². The van der Waals surface area contributed by atoms with Crippen LogP contribution in [0.5, 0.6) is 0 Å². The number of hydrogen-bond acceptors (Lipinski definition) is 4. The summed E-state index contributed by atoms with van der Waals surface area (Å²) in [5.74, 6) is 0. The van der Waals surface area contributed by atoms with Gasteiger partial charge in [-0.15, -0.1) is 11.3 Å². The molecule has 1 aromatic heterocycles. The SMILES string of the molecule is c1ccc(C2CN(c3nccs3)CCN2)cc1. The minimum absolute atomic E-state index is 0.411. The fourth-order valence-electron chi connectivity index (χ4n) is 2.20. The van der Waals surface area contributed by atoms with Gasteiger partial charge in [0.15, 0.2) is 5.13 Å². The van der Waals surface area contributed by atoms with E-state index in [1.165, 1.54) is 5.56 Å². The Labute approximate surface area is 105 Å². The molecule has 0 radical (unpaired) electrons. The third kappa shape index (κ3) is 2.33. The fraction of sp³-hybridized carbons (Fsp3) is 0.308. The zero-order valence-electron chi connectivity index (χ0n) is 9.54. The number of nitrogens with one attached hydrogen (secondary N) is 1. The minimum Gasteiger partial charge on any atom is -0.345 e. The summed E-state index contributed by atoms with van der Waals surface area (Å²) in [5, 5.41) is 6.73. The number of benzene rings is 1. The van der Waals surface area contributed by atoms with E-state index in [1.54, 1.807) is 11.3 Å². The highest BCUT2D eigenvalue weighted by molar-refractivity contribution is 7.13. The molecule has 1 aromatic carbocycles. The summed E-state index contributed by atoms with van der Waals surface area (Å²) in [6.07, 6.45) is 1.87. The van der Waals surface area contributed by atoms with Crippen LogP contribution in [0, 0.1) is 0 Å². The average Bonchev–Trinajstić information content (AvgIpc) is 2.94. The highest BCUT2D eigenvalue weighted by Gasteiger charge is 2.21. The molecular formula is C13H15N3S. The molecule has 4 heteroatoms. The predicted molar refractivity (Wildman–Crippen MR) is 71.5 cm³/mol. The maximum atomic E-state index is 4.38. The van der Waals surface area contributed by atoms with E-state index in [2.05, 4.69) is 45.5 Å². The van der Waals surface area contributed by atoms with Crippen LogP contribution in [0.1, 0.15) is 11.6 Å². The second-order valence-electron chi connectivity index (χ2n) is 4.18. The third-order valence-electron chi connectivity index (χ3n) is 3.07. The molecule has 1 fully saturated rings. The minimum atomic E-state index is 0.411. The van der Waals surface area contributed by atoms with Crippen molar-refractivity contribution in [3.8, 4) is 0 Å². The summed E-state index contributed by atoms with van der Waals surface area (Å²) in [7, 11) is 0. The first-order chi connectivity index (χ1) is 8.43. The Kier molecular flexibility index (Phi) is 3.07. The molecule has 3 rings (SSSR count). The van der Waals surface area contributed by atoms with E-state index < -0.39 is 0 Å². The summed E-state index contributed by atoms with van der Waals surface area (Å²) in [6.45, 7) is 3.05. The molecule has 1 atom stereocenters. The molecule has 17 heavy (non-hydrogen) atoms. The summed E-state index contributed by atoms with van der Waals surface area (Å²) in [5.41, 5.74) is 1.36. The van der Waals surface area contributed by atoms with Crippen LogP contribution in [0.3, 0.4) is 0 Å². The molecule has 2 aromatic rings. The molecule has 0 saturated carbocycles. The Bertz CT molecular complexity index is 455. The number of aromatic nitrogens is 1. The van der Waals surface area contributed by atoms with Gasteiger partial charge in [-0.2, -0.15) is 0 Å². The normalized spacial score (nSPS) is 20.5. The molecule has 2 heterocycles. The zero-order chi connectivity index (χ0) is 11.5. The van der Waals surface area contributed by atoms with E-state index >= 15 is 0 Å². The van der Waals surface area contributed by atoms with Crippen LogP contribution >= 0.6 is 11.3 Å². The molecule has 88 valence electrons. The van der Waals surface area contributed by atoms with E-state index in [4.69, 9.17) is 0 Å². The highest BCUT2D eigenvalue weighted by Crippen LogP contribution is 2.23. The summed E-state index contributed by atoms with van der Waals surface area (Å²) in [6, 6.07) is 11.0. The topological polar surface area (TPSA) is 28.2 Å². The van der Waals surface area contributed by atoms with Crippen molar-refractivity contribution in [3.05, 3.63) is 47.5 Å². The third-order valence-corrected chi connectivity index (χ3v) is 3.90. The summed E-state index contributed by atoms with van der Waals surface area (Å²) < 4.78 is 0. The first-order valence-corrected chi connectivity index (χ1v) is 6.74. The van der Waals surface area contributed by atoms with E-state index in [0.29, 0.717) is 6.04 Å². The molecule has 1 aliphatic heterocycles. The van der Waals surface area contributed by atoms with E-state index in [9.17, 15) is 0 Å². The van der Waals surface area contributed by atoms with Gasteiger partial charge in [0.05, 0.1) is 0 Å². The molecule has 0 aliphatic carbocycles. The molecule has 3 nitrogen and oxygen atoms in total. The predicted octanol–water partition coefficient (Wildman–Crippen LogP) is 2.29. The van der Waals surface area contributed by atoms with Crippen molar-refractivity contribution in [3.63, 3.8) is 0 Å². The van der Waals surface area contributed by atoms with Crippen LogP contribution in [0.4, 0.5) is 5.13 Å². The van der Waals surface area contributed by atoms with Gasteiger partial charge in [0.25, 0.3) is 0 Å². The van der Waals surface area contributed by atoms with Gasteiger partial charge in [-0.3, -0.25) is 0 Å². The lowest BCUT2D eigenvalue weighted by molar-refractivity contribution is 0.471. The van der Waals surface area contributed by atoms with Gasteiger partial charge in [-0.25, -0.2) is 4.98 Å². The number of anilines is 1. The Morgan fingerprint density at radius 1 is 1.29 bits per heavy atom. The monoisotopic (exact) mass is 245 g/mol. The van der Waals surface area contributed by atoms with Crippen molar-refractivity contribution in [2.45, 2.75) is 6.04 Å². The number of nitrogens with zero attached hydrogens (tertiary/aromatic N) is 2. The molecule has 1 aliphatic rings. The fourth-order valence-corrected chi connectivity index (χ4v) is 2.88.